The number of amides is 1. The summed E-state index contributed by atoms with van der Waals surface area (Å²) in [6, 6.07) is 4.20. The molecule has 1 fully saturated rings. The Balaban J connectivity index is 0.00000176. The fourth-order valence-corrected chi connectivity index (χ4v) is 4.34. The molecule has 0 saturated carbocycles. The average Bonchev–Trinajstić information content (AvgIpc) is 3.06. The number of aryl methyl sites for hydroxylation is 2. The van der Waals surface area contributed by atoms with E-state index in [1.807, 2.05) is 0 Å². The monoisotopic (exact) mass is 357 g/mol. The van der Waals surface area contributed by atoms with Crippen molar-refractivity contribution in [3.63, 3.8) is 0 Å². The maximum Gasteiger partial charge on any atom is 0.229 e. The summed E-state index contributed by atoms with van der Waals surface area (Å²) < 4.78 is 0. The molecule has 22 heavy (non-hydrogen) atoms. The fourth-order valence-electron chi connectivity index (χ4n) is 2.53. The minimum atomic E-state index is 0. The fraction of sp³-hybridized carbons (Fsp3) is 0.467. The Kier molecular flexibility index (Phi) is 5.97. The standard InChI is InChI=1S/C15H19N3OS2.ClH/c1-9-3-4-12(20-9)13-10(2)21-15(17-13)18-14(19)11-5-7-16-8-6-11;/h3-4,11,16H,5-8H2,1-2H3,(H,17,18,19);1H. The van der Waals surface area contributed by atoms with Gasteiger partial charge in [0.15, 0.2) is 5.13 Å². The molecule has 7 heteroatoms. The number of carbonyl (C=O) groups is 1. The number of thiazole rings is 1. The van der Waals surface area contributed by atoms with E-state index in [2.05, 4.69) is 41.6 Å². The van der Waals surface area contributed by atoms with Crippen LogP contribution in [0.5, 0.6) is 0 Å². The second-order valence-corrected chi connectivity index (χ2v) is 7.84. The maximum atomic E-state index is 12.3. The summed E-state index contributed by atoms with van der Waals surface area (Å²) in [4.78, 5) is 20.5. The van der Waals surface area contributed by atoms with Crippen LogP contribution in [0.25, 0.3) is 10.6 Å². The van der Waals surface area contributed by atoms with Crippen LogP contribution in [0.1, 0.15) is 22.6 Å². The van der Waals surface area contributed by atoms with Gasteiger partial charge in [-0.3, -0.25) is 4.79 Å². The first-order valence-corrected chi connectivity index (χ1v) is 8.82. The highest BCUT2D eigenvalue weighted by molar-refractivity contribution is 7.18. The quantitative estimate of drug-likeness (QED) is 0.877. The Bertz CT molecular complexity index is 647. The lowest BCUT2D eigenvalue weighted by molar-refractivity contribution is -0.120. The molecule has 2 aromatic heterocycles. The number of carbonyl (C=O) groups excluding carboxylic acids is 1. The summed E-state index contributed by atoms with van der Waals surface area (Å²) in [5, 5.41) is 6.99. The van der Waals surface area contributed by atoms with Crippen LogP contribution in [0, 0.1) is 19.8 Å². The third-order valence-corrected chi connectivity index (χ3v) is 5.60. The van der Waals surface area contributed by atoms with Gasteiger partial charge in [-0.25, -0.2) is 4.98 Å². The molecule has 1 amide bonds. The van der Waals surface area contributed by atoms with E-state index in [0.717, 1.165) is 41.6 Å². The van der Waals surface area contributed by atoms with E-state index in [9.17, 15) is 4.79 Å². The van der Waals surface area contributed by atoms with E-state index >= 15 is 0 Å². The molecule has 1 aliphatic heterocycles. The number of hydrogen-bond acceptors (Lipinski definition) is 5. The van der Waals surface area contributed by atoms with Gasteiger partial charge in [-0.05, 0) is 51.9 Å². The predicted octanol–water partition coefficient (Wildman–Crippen LogP) is 3.85. The number of thiophene rings is 1. The molecule has 0 aromatic carbocycles. The molecule has 4 nitrogen and oxygen atoms in total. The Hall–Kier alpha value is -0.950. The van der Waals surface area contributed by atoms with Crippen molar-refractivity contribution in [2.75, 3.05) is 18.4 Å². The van der Waals surface area contributed by atoms with Crippen molar-refractivity contribution in [3.8, 4) is 10.6 Å². The molecular weight excluding hydrogens is 338 g/mol. The van der Waals surface area contributed by atoms with Gasteiger partial charge in [-0.1, -0.05) is 0 Å². The second kappa shape index (κ2) is 7.55. The van der Waals surface area contributed by atoms with Crippen molar-refractivity contribution in [1.29, 1.82) is 0 Å². The van der Waals surface area contributed by atoms with Crippen molar-refractivity contribution in [2.45, 2.75) is 26.7 Å². The number of piperidine rings is 1. The first-order valence-electron chi connectivity index (χ1n) is 7.19. The topological polar surface area (TPSA) is 54.0 Å². The van der Waals surface area contributed by atoms with Crippen LogP contribution in [0.3, 0.4) is 0 Å². The van der Waals surface area contributed by atoms with Gasteiger partial charge in [0.05, 0.1) is 10.6 Å². The van der Waals surface area contributed by atoms with E-state index in [4.69, 9.17) is 0 Å². The zero-order valence-corrected chi connectivity index (χ0v) is 15.1. The first-order chi connectivity index (χ1) is 10.1. The summed E-state index contributed by atoms with van der Waals surface area (Å²) in [6.45, 7) is 6.00. The van der Waals surface area contributed by atoms with Crippen LogP contribution in [0.15, 0.2) is 12.1 Å². The maximum absolute atomic E-state index is 12.3. The number of aromatic nitrogens is 1. The SMILES string of the molecule is Cc1ccc(-c2nc(NC(=O)C3CCNCC3)sc2C)s1.Cl. The molecule has 0 unspecified atom stereocenters. The van der Waals surface area contributed by atoms with Crippen LogP contribution in [0.4, 0.5) is 5.13 Å². The molecule has 3 rings (SSSR count). The lowest BCUT2D eigenvalue weighted by Gasteiger charge is -2.20. The number of nitrogens with one attached hydrogen (secondary N) is 2. The van der Waals surface area contributed by atoms with Gasteiger partial charge in [0, 0.05) is 15.7 Å². The van der Waals surface area contributed by atoms with Crippen LogP contribution in [-0.4, -0.2) is 24.0 Å². The lowest BCUT2D eigenvalue weighted by Crippen LogP contribution is -2.34. The zero-order valence-electron chi connectivity index (χ0n) is 12.6. The highest BCUT2D eigenvalue weighted by Crippen LogP contribution is 2.34. The highest BCUT2D eigenvalue weighted by Gasteiger charge is 2.22. The highest BCUT2D eigenvalue weighted by atomic mass is 35.5. The molecule has 2 N–H and O–H groups in total. The van der Waals surface area contributed by atoms with Gasteiger partial charge in [-0.15, -0.1) is 35.1 Å². The van der Waals surface area contributed by atoms with Crippen molar-refractivity contribution in [2.24, 2.45) is 5.92 Å². The molecule has 0 spiro atoms. The van der Waals surface area contributed by atoms with E-state index in [1.165, 1.54) is 9.75 Å². The Morgan fingerprint density at radius 1 is 1.27 bits per heavy atom. The van der Waals surface area contributed by atoms with E-state index < -0.39 is 0 Å². The molecule has 1 aliphatic rings. The Morgan fingerprint density at radius 3 is 2.64 bits per heavy atom. The Morgan fingerprint density at radius 2 is 2.00 bits per heavy atom. The third kappa shape index (κ3) is 3.87. The van der Waals surface area contributed by atoms with Crippen molar-refractivity contribution < 1.29 is 4.79 Å². The summed E-state index contributed by atoms with van der Waals surface area (Å²) in [5.41, 5.74) is 0.999. The molecule has 0 aliphatic carbocycles. The predicted molar refractivity (Wildman–Crippen MR) is 96.4 cm³/mol. The molecule has 1 saturated heterocycles. The minimum absolute atomic E-state index is 0. The van der Waals surface area contributed by atoms with Crippen molar-refractivity contribution in [3.05, 3.63) is 21.9 Å². The molecule has 120 valence electrons. The van der Waals surface area contributed by atoms with Crippen LogP contribution in [0.2, 0.25) is 0 Å². The Labute approximate surface area is 144 Å². The molecule has 0 bridgehead atoms. The molecule has 3 heterocycles. The smallest absolute Gasteiger partial charge is 0.229 e. The minimum Gasteiger partial charge on any atom is -0.317 e. The van der Waals surface area contributed by atoms with Gasteiger partial charge >= 0.3 is 0 Å². The molecule has 0 radical (unpaired) electrons. The van der Waals surface area contributed by atoms with Crippen LogP contribution >= 0.6 is 35.1 Å². The normalized spacial score (nSPS) is 15.4. The first kappa shape index (κ1) is 17.4. The number of rotatable bonds is 3. The van der Waals surface area contributed by atoms with Crippen LogP contribution in [-0.2, 0) is 4.79 Å². The van der Waals surface area contributed by atoms with Crippen molar-refractivity contribution >= 4 is 46.1 Å². The second-order valence-electron chi connectivity index (χ2n) is 5.35. The lowest BCUT2D eigenvalue weighted by atomic mass is 9.97. The molecule has 0 atom stereocenters. The van der Waals surface area contributed by atoms with Gasteiger partial charge in [0.25, 0.3) is 0 Å². The largest absolute Gasteiger partial charge is 0.317 e. The number of anilines is 1. The van der Waals surface area contributed by atoms with E-state index in [-0.39, 0.29) is 24.2 Å². The molecule has 2 aromatic rings. The van der Waals surface area contributed by atoms with Gasteiger partial charge in [-0.2, -0.15) is 0 Å². The third-order valence-electron chi connectivity index (χ3n) is 3.71. The number of hydrogen-bond donors (Lipinski definition) is 2. The summed E-state index contributed by atoms with van der Waals surface area (Å²) in [5.74, 6) is 0.224. The van der Waals surface area contributed by atoms with Gasteiger partial charge < -0.3 is 10.6 Å². The van der Waals surface area contributed by atoms with E-state index in [0.29, 0.717) is 0 Å². The van der Waals surface area contributed by atoms with Gasteiger partial charge in [0.1, 0.15) is 0 Å². The summed E-state index contributed by atoms with van der Waals surface area (Å²) in [6.07, 6.45) is 1.82. The summed E-state index contributed by atoms with van der Waals surface area (Å²) >= 11 is 3.30. The average molecular weight is 358 g/mol. The molecular formula is C15H20ClN3OS2. The number of halogens is 1. The number of nitrogens with zero attached hydrogens (tertiary/aromatic N) is 1. The van der Waals surface area contributed by atoms with E-state index in [1.54, 1.807) is 22.7 Å². The van der Waals surface area contributed by atoms with Crippen molar-refractivity contribution in [1.82, 2.24) is 10.3 Å². The van der Waals surface area contributed by atoms with Gasteiger partial charge in [0.2, 0.25) is 5.91 Å². The van der Waals surface area contributed by atoms with Crippen LogP contribution < -0.4 is 10.6 Å². The zero-order chi connectivity index (χ0) is 14.8. The summed E-state index contributed by atoms with van der Waals surface area (Å²) in [7, 11) is 0.